The number of hydrogen-bond donors (Lipinski definition) is 2. The number of amides is 2. The Morgan fingerprint density at radius 1 is 1.22 bits per heavy atom. The molecule has 0 aliphatic heterocycles. The Labute approximate surface area is 147 Å². The van der Waals surface area contributed by atoms with Crippen molar-refractivity contribution in [2.24, 2.45) is 0 Å². The van der Waals surface area contributed by atoms with Crippen LogP contribution < -0.4 is 10.0 Å². The maximum absolute atomic E-state index is 12.0. The van der Waals surface area contributed by atoms with E-state index in [4.69, 9.17) is 11.6 Å². The van der Waals surface area contributed by atoms with Gasteiger partial charge in [0.15, 0.2) is 0 Å². The summed E-state index contributed by atoms with van der Waals surface area (Å²) >= 11 is 8.86. The normalized spacial score (nSPS) is 10.7. The van der Waals surface area contributed by atoms with Crippen molar-refractivity contribution in [2.45, 2.75) is 18.7 Å². The Morgan fingerprint density at radius 3 is 2.87 bits per heavy atom. The van der Waals surface area contributed by atoms with Gasteiger partial charge >= 0.3 is 6.03 Å². The number of thiazole rings is 1. The summed E-state index contributed by atoms with van der Waals surface area (Å²) in [7, 11) is 0. The molecule has 0 radical (unpaired) electrons. The van der Waals surface area contributed by atoms with Crippen LogP contribution in [0.15, 0.2) is 41.3 Å². The van der Waals surface area contributed by atoms with Gasteiger partial charge in [-0.15, -0.1) is 11.3 Å². The number of aromatic nitrogens is 1. The molecule has 0 fully saturated rings. The fraction of sp³-hybridized carbons (Fsp3) is 0.125. The molecule has 3 aromatic rings. The lowest BCUT2D eigenvalue weighted by molar-refractivity contribution is 0.257. The Kier molecular flexibility index (Phi) is 4.75. The van der Waals surface area contributed by atoms with Crippen LogP contribution in [-0.2, 0) is 0 Å². The number of benzene rings is 2. The Hall–Kier alpha value is -1.76. The molecule has 2 N–H and O–H groups in total. The van der Waals surface area contributed by atoms with Crippen molar-refractivity contribution in [3.05, 3.63) is 52.0 Å². The lowest BCUT2D eigenvalue weighted by Gasteiger charge is -2.09. The van der Waals surface area contributed by atoms with E-state index < -0.39 is 0 Å². The molecule has 0 saturated carbocycles. The number of carbonyl (C=O) groups excluding carboxylic acids is 1. The molecule has 3 rings (SSSR count). The highest BCUT2D eigenvalue weighted by atomic mass is 35.5. The first-order valence-electron chi connectivity index (χ1n) is 6.88. The summed E-state index contributed by atoms with van der Waals surface area (Å²) in [5, 5.41) is 4.41. The molecular weight excluding hydrogens is 350 g/mol. The summed E-state index contributed by atoms with van der Waals surface area (Å²) < 4.78 is 3.91. The first-order chi connectivity index (χ1) is 11.0. The standard InChI is InChI=1S/C16H14ClN3OS2/c1-9-3-4-11(17)7-13(9)19-16(21)20-23-12-5-6-15-14(8-12)18-10(2)22-15/h3-8H,1-2H3,(H2,19,20,21). The highest BCUT2D eigenvalue weighted by Gasteiger charge is 2.07. The molecule has 0 spiro atoms. The van der Waals surface area contributed by atoms with Gasteiger partial charge in [-0.1, -0.05) is 17.7 Å². The molecule has 118 valence electrons. The van der Waals surface area contributed by atoms with Crippen molar-refractivity contribution < 1.29 is 4.79 Å². The molecule has 0 aliphatic carbocycles. The number of aryl methyl sites for hydroxylation is 2. The third-order valence-electron chi connectivity index (χ3n) is 3.18. The first-order valence-corrected chi connectivity index (χ1v) is 8.89. The molecular formula is C16H14ClN3OS2. The van der Waals surface area contributed by atoms with Gasteiger partial charge in [0, 0.05) is 15.6 Å². The Bertz CT molecular complexity index is 879. The van der Waals surface area contributed by atoms with E-state index in [1.54, 1.807) is 23.5 Å². The van der Waals surface area contributed by atoms with Gasteiger partial charge in [0.25, 0.3) is 0 Å². The van der Waals surface area contributed by atoms with Crippen LogP contribution in [0, 0.1) is 13.8 Å². The highest BCUT2D eigenvalue weighted by Crippen LogP contribution is 2.26. The maximum atomic E-state index is 12.0. The van der Waals surface area contributed by atoms with Crippen LogP contribution in [0.5, 0.6) is 0 Å². The summed E-state index contributed by atoms with van der Waals surface area (Å²) in [5.41, 5.74) is 2.60. The van der Waals surface area contributed by atoms with Crippen LogP contribution in [0.1, 0.15) is 10.6 Å². The van der Waals surface area contributed by atoms with Crippen molar-refractivity contribution >= 4 is 56.8 Å². The van der Waals surface area contributed by atoms with Crippen LogP contribution in [0.25, 0.3) is 10.2 Å². The van der Waals surface area contributed by atoms with Gasteiger partial charge in [0.1, 0.15) is 0 Å². The number of nitrogens with zero attached hydrogens (tertiary/aromatic N) is 1. The smallest absolute Gasteiger partial charge is 0.307 e. The summed E-state index contributed by atoms with van der Waals surface area (Å²) in [6, 6.07) is 11.0. The fourth-order valence-corrected chi connectivity index (χ4v) is 3.62. The number of nitrogens with one attached hydrogen (secondary N) is 2. The molecule has 7 heteroatoms. The van der Waals surface area contributed by atoms with Gasteiger partial charge in [0.2, 0.25) is 0 Å². The minimum Gasteiger partial charge on any atom is -0.307 e. The minimum atomic E-state index is -0.296. The molecule has 2 aromatic carbocycles. The Morgan fingerprint density at radius 2 is 2.04 bits per heavy atom. The van der Waals surface area contributed by atoms with Crippen molar-refractivity contribution in [1.29, 1.82) is 0 Å². The molecule has 0 unspecified atom stereocenters. The predicted octanol–water partition coefficient (Wildman–Crippen LogP) is 5.40. The number of fused-ring (bicyclic) bond motifs is 1. The SMILES string of the molecule is Cc1nc2cc(SNC(=O)Nc3cc(Cl)ccc3C)ccc2s1. The molecule has 23 heavy (non-hydrogen) atoms. The lowest BCUT2D eigenvalue weighted by atomic mass is 10.2. The fourth-order valence-electron chi connectivity index (χ4n) is 2.07. The molecule has 0 atom stereocenters. The van der Waals surface area contributed by atoms with Gasteiger partial charge in [-0.05, 0) is 61.7 Å². The van der Waals surface area contributed by atoms with Gasteiger partial charge in [-0.25, -0.2) is 9.78 Å². The van der Waals surface area contributed by atoms with Crippen molar-refractivity contribution in [3.63, 3.8) is 0 Å². The number of carbonyl (C=O) groups is 1. The monoisotopic (exact) mass is 363 g/mol. The Balaban J connectivity index is 1.64. The second-order valence-corrected chi connectivity index (χ2v) is 7.53. The second-order valence-electron chi connectivity index (χ2n) is 4.98. The quantitative estimate of drug-likeness (QED) is 0.613. The van der Waals surface area contributed by atoms with Crippen LogP contribution >= 0.6 is 34.9 Å². The zero-order valence-electron chi connectivity index (χ0n) is 12.5. The predicted molar refractivity (Wildman–Crippen MR) is 98.6 cm³/mol. The molecule has 0 aliphatic rings. The van der Waals surface area contributed by atoms with Gasteiger partial charge < -0.3 is 5.32 Å². The molecule has 1 heterocycles. The van der Waals surface area contributed by atoms with Crippen molar-refractivity contribution in [1.82, 2.24) is 9.71 Å². The molecule has 4 nitrogen and oxygen atoms in total. The van der Waals surface area contributed by atoms with E-state index in [1.807, 2.05) is 38.1 Å². The van der Waals surface area contributed by atoms with E-state index in [-0.39, 0.29) is 6.03 Å². The van der Waals surface area contributed by atoms with E-state index in [0.29, 0.717) is 10.7 Å². The topological polar surface area (TPSA) is 54.0 Å². The lowest BCUT2D eigenvalue weighted by Crippen LogP contribution is -2.23. The number of anilines is 1. The third kappa shape index (κ3) is 3.96. The average molecular weight is 364 g/mol. The molecule has 0 saturated heterocycles. The van der Waals surface area contributed by atoms with Gasteiger partial charge in [0.05, 0.1) is 15.2 Å². The van der Waals surface area contributed by atoms with Crippen molar-refractivity contribution in [2.75, 3.05) is 5.32 Å². The van der Waals surface area contributed by atoms with E-state index in [0.717, 1.165) is 25.7 Å². The average Bonchev–Trinajstić information content (AvgIpc) is 2.88. The zero-order valence-corrected chi connectivity index (χ0v) is 14.9. The van der Waals surface area contributed by atoms with E-state index in [1.165, 1.54) is 11.9 Å². The van der Waals surface area contributed by atoms with Crippen molar-refractivity contribution in [3.8, 4) is 0 Å². The zero-order chi connectivity index (χ0) is 16.4. The summed E-state index contributed by atoms with van der Waals surface area (Å²) in [6.07, 6.45) is 0. The number of hydrogen-bond acceptors (Lipinski definition) is 4. The van der Waals surface area contributed by atoms with Crippen LogP contribution in [0.4, 0.5) is 10.5 Å². The van der Waals surface area contributed by atoms with Gasteiger partial charge in [-0.2, -0.15) is 0 Å². The second kappa shape index (κ2) is 6.78. The van der Waals surface area contributed by atoms with Crippen LogP contribution in [0.2, 0.25) is 5.02 Å². The van der Waals surface area contributed by atoms with Crippen LogP contribution in [0.3, 0.4) is 0 Å². The summed E-state index contributed by atoms with van der Waals surface area (Å²) in [6.45, 7) is 3.90. The number of rotatable bonds is 3. The summed E-state index contributed by atoms with van der Waals surface area (Å²) in [4.78, 5) is 17.4. The molecule has 2 amide bonds. The number of urea groups is 1. The van der Waals surface area contributed by atoms with Crippen LogP contribution in [-0.4, -0.2) is 11.0 Å². The minimum absolute atomic E-state index is 0.296. The van der Waals surface area contributed by atoms with E-state index in [2.05, 4.69) is 15.0 Å². The number of halogens is 1. The van der Waals surface area contributed by atoms with E-state index >= 15 is 0 Å². The summed E-state index contributed by atoms with van der Waals surface area (Å²) in [5.74, 6) is 0. The third-order valence-corrected chi connectivity index (χ3v) is 5.14. The van der Waals surface area contributed by atoms with E-state index in [9.17, 15) is 4.79 Å². The van der Waals surface area contributed by atoms with Gasteiger partial charge in [-0.3, -0.25) is 4.72 Å². The highest BCUT2D eigenvalue weighted by molar-refractivity contribution is 7.98. The largest absolute Gasteiger partial charge is 0.329 e. The first kappa shape index (κ1) is 16.1. The molecule has 1 aromatic heterocycles. The maximum Gasteiger partial charge on any atom is 0.329 e. The molecule has 0 bridgehead atoms.